The van der Waals surface area contributed by atoms with E-state index in [1.807, 2.05) is 12.1 Å². The molecule has 0 spiro atoms. The second-order valence-electron chi connectivity index (χ2n) is 5.20. The average molecular weight is 340 g/mol. The fraction of sp³-hybridized carbons (Fsp3) is 0.158. The van der Waals surface area contributed by atoms with E-state index < -0.39 is 0 Å². The summed E-state index contributed by atoms with van der Waals surface area (Å²) in [6.07, 6.45) is 3.16. The van der Waals surface area contributed by atoms with E-state index in [0.717, 1.165) is 5.56 Å². The van der Waals surface area contributed by atoms with Crippen molar-refractivity contribution in [3.63, 3.8) is 0 Å². The van der Waals surface area contributed by atoms with Crippen molar-refractivity contribution in [1.29, 1.82) is 0 Å². The Bertz CT molecular complexity index is 737. The van der Waals surface area contributed by atoms with E-state index in [4.69, 9.17) is 9.47 Å². The molecule has 2 aromatic carbocycles. The topological polar surface area (TPSA) is 76.7 Å². The molecule has 130 valence electrons. The van der Waals surface area contributed by atoms with Crippen LogP contribution in [0, 0.1) is 0 Å². The molecule has 0 saturated carbocycles. The molecule has 2 amide bonds. The molecule has 0 bridgehead atoms. The van der Waals surface area contributed by atoms with Gasteiger partial charge in [0.05, 0.1) is 0 Å². The number of carbonyl (C=O) groups is 2. The van der Waals surface area contributed by atoms with Gasteiger partial charge in [-0.1, -0.05) is 12.1 Å². The van der Waals surface area contributed by atoms with Gasteiger partial charge in [0.25, 0.3) is 0 Å². The molecule has 0 aliphatic carbocycles. The Balaban J connectivity index is 1.88. The van der Waals surface area contributed by atoms with Crippen molar-refractivity contribution >= 4 is 29.3 Å². The predicted octanol–water partition coefficient (Wildman–Crippen LogP) is 3.28. The lowest BCUT2D eigenvalue weighted by Crippen LogP contribution is -2.08. The summed E-state index contributed by atoms with van der Waals surface area (Å²) in [5.41, 5.74) is 2.20. The van der Waals surface area contributed by atoms with Crippen molar-refractivity contribution < 1.29 is 19.1 Å². The molecule has 0 aliphatic heterocycles. The molecule has 0 saturated heterocycles. The molecule has 6 heteroatoms. The number of ether oxygens (including phenoxy) is 2. The number of carbonyl (C=O) groups excluding carboxylic acids is 2. The summed E-state index contributed by atoms with van der Waals surface area (Å²) in [6, 6.07) is 14.2. The van der Waals surface area contributed by atoms with Crippen LogP contribution in [0.3, 0.4) is 0 Å². The van der Waals surface area contributed by atoms with Crippen molar-refractivity contribution in [2.24, 2.45) is 0 Å². The van der Waals surface area contributed by atoms with Crippen LogP contribution in [0.2, 0.25) is 0 Å². The second kappa shape index (κ2) is 9.24. The van der Waals surface area contributed by atoms with Gasteiger partial charge in [0, 0.05) is 31.5 Å². The van der Waals surface area contributed by atoms with Crippen molar-refractivity contribution in [3.05, 3.63) is 60.2 Å². The Morgan fingerprint density at radius 2 is 1.56 bits per heavy atom. The van der Waals surface area contributed by atoms with E-state index >= 15 is 0 Å². The highest BCUT2D eigenvalue weighted by molar-refractivity contribution is 6.02. The number of nitrogens with one attached hydrogen (secondary N) is 2. The standard InChI is InChI=1S/C19H20N2O4/c1-14(22)20-16-6-8-17(9-7-16)21-19(23)12-5-15-3-10-18(11-4-15)25-13-24-2/h3-12H,13H2,1-2H3,(H,20,22)(H,21,23)/b12-5+. The molecule has 0 aromatic heterocycles. The maximum Gasteiger partial charge on any atom is 0.248 e. The molecule has 25 heavy (non-hydrogen) atoms. The van der Waals surface area contributed by atoms with Crippen LogP contribution in [0.4, 0.5) is 11.4 Å². The first-order valence-electron chi connectivity index (χ1n) is 7.65. The Morgan fingerprint density at radius 3 is 2.12 bits per heavy atom. The Morgan fingerprint density at radius 1 is 0.960 bits per heavy atom. The summed E-state index contributed by atoms with van der Waals surface area (Å²) in [6.45, 7) is 1.63. The van der Waals surface area contributed by atoms with E-state index in [1.165, 1.54) is 13.0 Å². The zero-order valence-electron chi connectivity index (χ0n) is 14.1. The minimum atomic E-state index is -0.244. The number of benzene rings is 2. The van der Waals surface area contributed by atoms with Gasteiger partial charge < -0.3 is 20.1 Å². The summed E-state index contributed by atoms with van der Waals surface area (Å²) >= 11 is 0. The van der Waals surface area contributed by atoms with Gasteiger partial charge in [-0.15, -0.1) is 0 Å². The van der Waals surface area contributed by atoms with Crippen molar-refractivity contribution in [2.45, 2.75) is 6.92 Å². The lowest BCUT2D eigenvalue weighted by atomic mass is 10.2. The Hall–Kier alpha value is -3.12. The third-order valence-corrected chi connectivity index (χ3v) is 3.12. The van der Waals surface area contributed by atoms with E-state index in [2.05, 4.69) is 10.6 Å². The number of hydrogen-bond acceptors (Lipinski definition) is 4. The van der Waals surface area contributed by atoms with Gasteiger partial charge >= 0.3 is 0 Å². The normalized spacial score (nSPS) is 10.5. The number of methoxy groups -OCH3 is 1. The second-order valence-corrected chi connectivity index (χ2v) is 5.20. The molecular formula is C19H20N2O4. The molecule has 0 fully saturated rings. The zero-order valence-corrected chi connectivity index (χ0v) is 14.1. The SMILES string of the molecule is COCOc1ccc(/C=C/C(=O)Nc2ccc(NC(C)=O)cc2)cc1. The first-order chi connectivity index (χ1) is 12.1. The van der Waals surface area contributed by atoms with Crippen LogP contribution in [0.1, 0.15) is 12.5 Å². The monoisotopic (exact) mass is 340 g/mol. The molecule has 0 radical (unpaired) electrons. The van der Waals surface area contributed by atoms with Crippen LogP contribution >= 0.6 is 0 Å². The van der Waals surface area contributed by atoms with Crippen LogP contribution in [0.15, 0.2) is 54.6 Å². The summed E-state index contributed by atoms with van der Waals surface area (Å²) in [4.78, 5) is 22.9. The van der Waals surface area contributed by atoms with Crippen LogP contribution in [-0.4, -0.2) is 25.7 Å². The number of amides is 2. The maximum absolute atomic E-state index is 11.9. The smallest absolute Gasteiger partial charge is 0.248 e. The van der Waals surface area contributed by atoms with Crippen LogP contribution < -0.4 is 15.4 Å². The number of anilines is 2. The summed E-state index contributed by atoms with van der Waals surface area (Å²) in [5, 5.41) is 5.42. The Labute approximate surface area is 146 Å². The lowest BCUT2D eigenvalue weighted by Gasteiger charge is -2.05. The fourth-order valence-corrected chi connectivity index (χ4v) is 2.00. The number of hydrogen-bond donors (Lipinski definition) is 2. The molecule has 2 aromatic rings. The zero-order chi connectivity index (χ0) is 18.1. The highest BCUT2D eigenvalue weighted by Crippen LogP contribution is 2.15. The summed E-state index contributed by atoms with van der Waals surface area (Å²) in [5.74, 6) is 0.313. The molecule has 0 atom stereocenters. The fourth-order valence-electron chi connectivity index (χ4n) is 2.00. The highest BCUT2D eigenvalue weighted by Gasteiger charge is 2.00. The highest BCUT2D eigenvalue weighted by atomic mass is 16.7. The minimum Gasteiger partial charge on any atom is -0.468 e. The van der Waals surface area contributed by atoms with E-state index in [0.29, 0.717) is 17.1 Å². The first-order valence-corrected chi connectivity index (χ1v) is 7.65. The van der Waals surface area contributed by atoms with E-state index in [1.54, 1.807) is 49.6 Å². The average Bonchev–Trinajstić information content (AvgIpc) is 2.60. The molecule has 0 heterocycles. The maximum atomic E-state index is 11.9. The van der Waals surface area contributed by atoms with Gasteiger partial charge in [0.1, 0.15) is 5.75 Å². The molecule has 0 unspecified atom stereocenters. The van der Waals surface area contributed by atoms with Crippen molar-refractivity contribution in [2.75, 3.05) is 24.5 Å². The van der Waals surface area contributed by atoms with Crippen LogP contribution in [0.25, 0.3) is 6.08 Å². The molecule has 6 nitrogen and oxygen atoms in total. The lowest BCUT2D eigenvalue weighted by molar-refractivity contribution is -0.114. The van der Waals surface area contributed by atoms with E-state index in [9.17, 15) is 9.59 Å². The number of rotatable bonds is 7. The Kier molecular flexibility index (Phi) is 6.74. The van der Waals surface area contributed by atoms with E-state index in [-0.39, 0.29) is 18.6 Å². The summed E-state index contributed by atoms with van der Waals surface area (Å²) in [7, 11) is 1.56. The van der Waals surface area contributed by atoms with Crippen LogP contribution in [-0.2, 0) is 14.3 Å². The molecule has 2 N–H and O–H groups in total. The largest absolute Gasteiger partial charge is 0.468 e. The van der Waals surface area contributed by atoms with Gasteiger partial charge in [-0.25, -0.2) is 0 Å². The van der Waals surface area contributed by atoms with Crippen molar-refractivity contribution in [3.8, 4) is 5.75 Å². The third-order valence-electron chi connectivity index (χ3n) is 3.12. The third kappa shape index (κ3) is 6.48. The minimum absolute atomic E-state index is 0.140. The van der Waals surface area contributed by atoms with Crippen molar-refractivity contribution in [1.82, 2.24) is 0 Å². The van der Waals surface area contributed by atoms with Gasteiger partial charge in [-0.3, -0.25) is 9.59 Å². The van der Waals surface area contributed by atoms with Crippen LogP contribution in [0.5, 0.6) is 5.75 Å². The van der Waals surface area contributed by atoms with Gasteiger partial charge in [0.2, 0.25) is 11.8 Å². The van der Waals surface area contributed by atoms with Gasteiger partial charge in [0.15, 0.2) is 6.79 Å². The van der Waals surface area contributed by atoms with Gasteiger partial charge in [-0.2, -0.15) is 0 Å². The summed E-state index contributed by atoms with van der Waals surface area (Å²) < 4.78 is 10.1. The molecule has 2 rings (SSSR count). The predicted molar refractivity (Wildman–Crippen MR) is 97.4 cm³/mol. The quantitative estimate of drug-likeness (QED) is 0.599. The van der Waals surface area contributed by atoms with Gasteiger partial charge in [-0.05, 0) is 48.0 Å². The first kappa shape index (κ1) is 18.2. The molecule has 0 aliphatic rings. The molecular weight excluding hydrogens is 320 g/mol.